The molecule has 0 aliphatic carbocycles. The van der Waals surface area contributed by atoms with Crippen LogP contribution in [-0.4, -0.2) is 12.2 Å². The molecule has 0 saturated carbocycles. The summed E-state index contributed by atoms with van der Waals surface area (Å²) in [6.45, 7) is 6.48. The number of aliphatic hydroxyl groups is 1. The summed E-state index contributed by atoms with van der Waals surface area (Å²) >= 11 is 1.55. The Bertz CT molecular complexity index is 576. The maximum absolute atomic E-state index is 10.8. The van der Waals surface area contributed by atoms with Gasteiger partial charge in [0.15, 0.2) is 0 Å². The van der Waals surface area contributed by atoms with Crippen LogP contribution in [0.3, 0.4) is 0 Å². The van der Waals surface area contributed by atoms with E-state index in [1.54, 1.807) is 18.4 Å². The monoisotopic (exact) mass is 304 g/mol. The van der Waals surface area contributed by atoms with E-state index in [1.165, 1.54) is 16.7 Å². The topological polar surface area (TPSA) is 29.5 Å². The Labute approximate surface area is 131 Å². The van der Waals surface area contributed by atoms with Crippen molar-refractivity contribution in [2.24, 2.45) is 0 Å². The third kappa shape index (κ3) is 3.30. The average molecular weight is 304 g/mol. The molecular weight excluding hydrogens is 280 g/mol. The first kappa shape index (κ1) is 16.1. The van der Waals surface area contributed by atoms with E-state index < -0.39 is 6.10 Å². The van der Waals surface area contributed by atoms with Crippen LogP contribution in [0.1, 0.15) is 54.0 Å². The third-order valence-corrected chi connectivity index (χ3v) is 4.92. The van der Waals surface area contributed by atoms with Crippen molar-refractivity contribution in [2.45, 2.75) is 46.1 Å². The fourth-order valence-corrected chi connectivity index (χ4v) is 3.57. The van der Waals surface area contributed by atoms with Gasteiger partial charge in [-0.05, 0) is 47.6 Å². The molecule has 3 heteroatoms. The molecule has 2 rings (SSSR count). The predicted octanol–water partition coefficient (Wildman–Crippen LogP) is 4.53. The van der Waals surface area contributed by atoms with Gasteiger partial charge < -0.3 is 9.84 Å². The SMILES string of the molecule is CCc1cc(CC)c(C(O)c2cc(OC)cs2)c(CC)c1. The van der Waals surface area contributed by atoms with E-state index in [2.05, 4.69) is 32.9 Å². The fraction of sp³-hybridized carbons (Fsp3) is 0.444. The zero-order valence-corrected chi connectivity index (χ0v) is 14.1. The lowest BCUT2D eigenvalue weighted by Gasteiger charge is -2.19. The predicted molar refractivity (Wildman–Crippen MR) is 89.5 cm³/mol. The molecule has 1 atom stereocenters. The molecule has 0 aliphatic heterocycles. The van der Waals surface area contributed by atoms with Crippen molar-refractivity contribution in [3.8, 4) is 5.75 Å². The molecule has 1 aromatic carbocycles. The Morgan fingerprint density at radius 2 is 1.67 bits per heavy atom. The summed E-state index contributed by atoms with van der Waals surface area (Å²) < 4.78 is 5.23. The number of rotatable bonds is 6. The Hall–Kier alpha value is -1.32. The standard InChI is InChI=1S/C18H24O2S/c1-5-12-8-13(6-2)17(14(7-3)9-12)18(19)16-10-15(20-4)11-21-16/h8-11,18-19H,5-7H2,1-4H3. The zero-order valence-electron chi connectivity index (χ0n) is 13.3. The van der Waals surface area contributed by atoms with Crippen molar-refractivity contribution in [3.05, 3.63) is 50.7 Å². The Balaban J connectivity index is 2.50. The molecule has 0 radical (unpaired) electrons. The van der Waals surface area contributed by atoms with Crippen LogP contribution in [0, 0.1) is 0 Å². The molecule has 114 valence electrons. The molecule has 1 heterocycles. The summed E-state index contributed by atoms with van der Waals surface area (Å²) in [7, 11) is 1.66. The number of aliphatic hydroxyl groups excluding tert-OH is 1. The van der Waals surface area contributed by atoms with E-state index in [-0.39, 0.29) is 0 Å². The van der Waals surface area contributed by atoms with Crippen LogP contribution in [0.5, 0.6) is 5.75 Å². The second-order valence-corrected chi connectivity index (χ2v) is 6.12. The van der Waals surface area contributed by atoms with Crippen LogP contribution in [0.15, 0.2) is 23.6 Å². The number of thiophene rings is 1. The smallest absolute Gasteiger partial charge is 0.129 e. The van der Waals surface area contributed by atoms with Crippen molar-refractivity contribution in [1.29, 1.82) is 0 Å². The largest absolute Gasteiger partial charge is 0.496 e. The lowest BCUT2D eigenvalue weighted by molar-refractivity contribution is 0.221. The van der Waals surface area contributed by atoms with Crippen LogP contribution in [0.25, 0.3) is 0 Å². The highest BCUT2D eigenvalue weighted by atomic mass is 32.1. The van der Waals surface area contributed by atoms with Crippen molar-refractivity contribution < 1.29 is 9.84 Å². The number of ether oxygens (including phenoxy) is 1. The highest BCUT2D eigenvalue weighted by Gasteiger charge is 2.20. The third-order valence-electron chi connectivity index (χ3n) is 3.96. The second kappa shape index (κ2) is 7.10. The number of hydrogen-bond donors (Lipinski definition) is 1. The Morgan fingerprint density at radius 3 is 2.10 bits per heavy atom. The summed E-state index contributed by atoms with van der Waals surface area (Å²) in [5.41, 5.74) is 4.95. The molecule has 0 amide bonds. The van der Waals surface area contributed by atoms with Crippen molar-refractivity contribution in [1.82, 2.24) is 0 Å². The summed E-state index contributed by atoms with van der Waals surface area (Å²) in [5, 5.41) is 12.8. The lowest BCUT2D eigenvalue weighted by Crippen LogP contribution is -2.07. The van der Waals surface area contributed by atoms with Gasteiger partial charge >= 0.3 is 0 Å². The van der Waals surface area contributed by atoms with E-state index in [1.807, 2.05) is 11.4 Å². The van der Waals surface area contributed by atoms with E-state index >= 15 is 0 Å². The minimum Gasteiger partial charge on any atom is -0.496 e. The number of benzene rings is 1. The van der Waals surface area contributed by atoms with Gasteiger partial charge in [0.2, 0.25) is 0 Å². The molecule has 0 fully saturated rings. The van der Waals surface area contributed by atoms with Gasteiger partial charge in [-0.1, -0.05) is 32.9 Å². The van der Waals surface area contributed by atoms with Crippen molar-refractivity contribution in [2.75, 3.05) is 7.11 Å². The van der Waals surface area contributed by atoms with Gasteiger partial charge in [0.25, 0.3) is 0 Å². The van der Waals surface area contributed by atoms with E-state index in [0.29, 0.717) is 0 Å². The van der Waals surface area contributed by atoms with Crippen LogP contribution in [0.4, 0.5) is 0 Å². The first-order valence-corrected chi connectivity index (χ1v) is 8.47. The molecular formula is C18H24O2S. The van der Waals surface area contributed by atoms with Crippen molar-refractivity contribution in [3.63, 3.8) is 0 Å². The van der Waals surface area contributed by atoms with Crippen LogP contribution >= 0.6 is 11.3 Å². The molecule has 1 N–H and O–H groups in total. The second-order valence-electron chi connectivity index (χ2n) is 5.18. The summed E-state index contributed by atoms with van der Waals surface area (Å²) in [6, 6.07) is 6.41. The lowest BCUT2D eigenvalue weighted by atomic mass is 9.90. The van der Waals surface area contributed by atoms with Crippen LogP contribution in [-0.2, 0) is 19.3 Å². The molecule has 2 aromatic rings. The normalized spacial score (nSPS) is 12.4. The molecule has 0 saturated heterocycles. The van der Waals surface area contributed by atoms with E-state index in [9.17, 15) is 5.11 Å². The molecule has 0 aliphatic rings. The van der Waals surface area contributed by atoms with Gasteiger partial charge in [0.1, 0.15) is 11.9 Å². The minimum atomic E-state index is -0.560. The van der Waals surface area contributed by atoms with Crippen LogP contribution in [0.2, 0.25) is 0 Å². The number of hydrogen-bond acceptors (Lipinski definition) is 3. The van der Waals surface area contributed by atoms with Crippen molar-refractivity contribution >= 4 is 11.3 Å². The number of aryl methyl sites for hydroxylation is 3. The van der Waals surface area contributed by atoms with Gasteiger partial charge in [-0.2, -0.15) is 0 Å². The van der Waals surface area contributed by atoms with Gasteiger partial charge in [0.05, 0.1) is 7.11 Å². The van der Waals surface area contributed by atoms with Gasteiger partial charge in [-0.15, -0.1) is 11.3 Å². The maximum atomic E-state index is 10.8. The molecule has 21 heavy (non-hydrogen) atoms. The highest BCUT2D eigenvalue weighted by Crippen LogP contribution is 2.35. The minimum absolute atomic E-state index is 0.560. The quantitative estimate of drug-likeness (QED) is 0.850. The van der Waals surface area contributed by atoms with E-state index in [4.69, 9.17) is 4.74 Å². The first-order valence-electron chi connectivity index (χ1n) is 7.59. The summed E-state index contributed by atoms with van der Waals surface area (Å²) in [5.74, 6) is 0.815. The van der Waals surface area contributed by atoms with Gasteiger partial charge in [-0.3, -0.25) is 0 Å². The highest BCUT2D eigenvalue weighted by molar-refractivity contribution is 7.10. The molecule has 1 unspecified atom stereocenters. The first-order chi connectivity index (χ1) is 10.1. The fourth-order valence-electron chi connectivity index (χ4n) is 2.72. The number of methoxy groups -OCH3 is 1. The average Bonchev–Trinajstić information content (AvgIpc) is 3.01. The van der Waals surface area contributed by atoms with E-state index in [0.717, 1.165) is 35.5 Å². The van der Waals surface area contributed by atoms with Gasteiger partial charge in [0, 0.05) is 10.3 Å². The summed E-state index contributed by atoms with van der Waals surface area (Å²) in [4.78, 5) is 0.945. The molecule has 2 nitrogen and oxygen atoms in total. The van der Waals surface area contributed by atoms with Crippen LogP contribution < -0.4 is 4.74 Å². The molecule has 0 spiro atoms. The summed E-state index contributed by atoms with van der Waals surface area (Å²) in [6.07, 6.45) is 2.35. The van der Waals surface area contributed by atoms with Gasteiger partial charge in [-0.25, -0.2) is 0 Å². The molecule has 0 bridgehead atoms. The maximum Gasteiger partial charge on any atom is 0.129 e. The zero-order chi connectivity index (χ0) is 15.4. The molecule has 1 aromatic heterocycles. The Morgan fingerprint density at radius 1 is 1.05 bits per heavy atom. The Kier molecular flexibility index (Phi) is 5.43.